The molecule has 0 bridgehead atoms. The predicted octanol–water partition coefficient (Wildman–Crippen LogP) is 2.22. The van der Waals surface area contributed by atoms with Gasteiger partial charge in [-0.15, -0.1) is 5.10 Å². The van der Waals surface area contributed by atoms with Crippen LogP contribution < -0.4 is 10.5 Å². The van der Waals surface area contributed by atoms with E-state index in [9.17, 15) is 0 Å². The number of hydrogen-bond acceptors (Lipinski definition) is 5. The van der Waals surface area contributed by atoms with Crippen LogP contribution in [0.2, 0.25) is 0 Å². The third-order valence-electron chi connectivity index (χ3n) is 2.98. The third kappa shape index (κ3) is 2.90. The van der Waals surface area contributed by atoms with E-state index in [1.807, 2.05) is 49.4 Å². The average Bonchev–Trinajstić information content (AvgIpc) is 2.97. The summed E-state index contributed by atoms with van der Waals surface area (Å²) in [4.78, 5) is 8.47. The zero-order chi connectivity index (χ0) is 14.7. The molecule has 3 aromatic rings. The number of aryl methyl sites for hydroxylation is 1. The summed E-state index contributed by atoms with van der Waals surface area (Å²) < 4.78 is 7.30. The summed E-state index contributed by atoms with van der Waals surface area (Å²) in [6.07, 6.45) is 1.60. The molecule has 0 spiro atoms. The summed E-state index contributed by atoms with van der Waals surface area (Å²) in [5.74, 6) is 0.448. The van der Waals surface area contributed by atoms with Crippen LogP contribution in [-0.2, 0) is 6.54 Å². The first-order chi connectivity index (χ1) is 10.3. The monoisotopic (exact) mass is 281 g/mol. The van der Waals surface area contributed by atoms with E-state index < -0.39 is 0 Å². The van der Waals surface area contributed by atoms with E-state index in [0.29, 0.717) is 12.4 Å². The van der Waals surface area contributed by atoms with E-state index in [4.69, 9.17) is 10.5 Å². The number of ether oxygens (including phenoxy) is 1. The van der Waals surface area contributed by atoms with Crippen molar-refractivity contribution in [3.05, 3.63) is 60.0 Å². The number of nitrogens with zero attached hydrogens (tertiary/aromatic N) is 4. The molecule has 0 aliphatic heterocycles. The van der Waals surface area contributed by atoms with Gasteiger partial charge in [-0.2, -0.15) is 4.98 Å². The van der Waals surface area contributed by atoms with Crippen LogP contribution in [-0.4, -0.2) is 19.7 Å². The predicted molar refractivity (Wildman–Crippen MR) is 78.3 cm³/mol. The Balaban J connectivity index is 1.87. The van der Waals surface area contributed by atoms with Gasteiger partial charge in [-0.25, -0.2) is 9.67 Å². The van der Waals surface area contributed by atoms with E-state index in [1.165, 1.54) is 0 Å². The van der Waals surface area contributed by atoms with Gasteiger partial charge in [0.15, 0.2) is 0 Å². The maximum absolute atomic E-state index is 5.68. The minimum Gasteiger partial charge on any atom is -0.404 e. The first kappa shape index (κ1) is 13.3. The number of benzene rings is 1. The molecule has 0 atom stereocenters. The van der Waals surface area contributed by atoms with Crippen LogP contribution in [0.5, 0.6) is 11.9 Å². The Hall–Kier alpha value is -2.73. The molecule has 0 radical (unpaired) electrons. The Morgan fingerprint density at radius 1 is 1.14 bits per heavy atom. The first-order valence-electron chi connectivity index (χ1n) is 6.58. The van der Waals surface area contributed by atoms with E-state index >= 15 is 0 Å². The molecular formula is C15H15N5O. The van der Waals surface area contributed by atoms with Crippen molar-refractivity contribution in [2.75, 3.05) is 0 Å². The number of hydrogen-bond donors (Lipinski definition) is 1. The molecule has 0 amide bonds. The second-order valence-corrected chi connectivity index (χ2v) is 4.53. The fraction of sp³-hybridized carbons (Fsp3) is 0.133. The molecule has 0 aliphatic rings. The highest BCUT2D eigenvalue weighted by Crippen LogP contribution is 2.21. The molecule has 21 heavy (non-hydrogen) atoms. The number of nitrogens with two attached hydrogens (primary N) is 1. The zero-order valence-electron chi connectivity index (χ0n) is 11.6. The van der Waals surface area contributed by atoms with Gasteiger partial charge in [-0.1, -0.05) is 24.3 Å². The summed E-state index contributed by atoms with van der Waals surface area (Å²) in [5.41, 5.74) is 8.27. The van der Waals surface area contributed by atoms with Gasteiger partial charge in [-0.05, 0) is 25.1 Å². The zero-order valence-corrected chi connectivity index (χ0v) is 11.6. The quantitative estimate of drug-likeness (QED) is 0.793. The molecule has 6 nitrogen and oxygen atoms in total. The Kier molecular flexibility index (Phi) is 3.61. The van der Waals surface area contributed by atoms with Crippen LogP contribution in [0.4, 0.5) is 0 Å². The lowest BCUT2D eigenvalue weighted by Gasteiger charge is -2.06. The average molecular weight is 281 g/mol. The van der Waals surface area contributed by atoms with Crippen molar-refractivity contribution in [3.8, 4) is 17.6 Å². The van der Waals surface area contributed by atoms with Crippen LogP contribution in [0, 0.1) is 6.92 Å². The number of aromatic nitrogens is 4. The molecule has 6 heteroatoms. The molecule has 0 saturated heterocycles. The van der Waals surface area contributed by atoms with E-state index in [1.54, 1.807) is 11.0 Å². The Labute approximate surface area is 122 Å². The summed E-state index contributed by atoms with van der Waals surface area (Å²) in [6, 6.07) is 13.7. The van der Waals surface area contributed by atoms with Crippen molar-refractivity contribution in [3.63, 3.8) is 0 Å². The molecule has 0 aliphatic carbocycles. The standard InChI is InChI=1S/C15H15N5O/c1-11-7-8-12(9-16)14(18-11)21-15-17-10-20(19-15)13-5-3-2-4-6-13/h2-8,10H,9,16H2,1H3. The second-order valence-electron chi connectivity index (χ2n) is 4.53. The molecule has 0 saturated carbocycles. The molecule has 106 valence electrons. The van der Waals surface area contributed by atoms with Gasteiger partial charge in [-0.3, -0.25) is 0 Å². The van der Waals surface area contributed by atoms with Crippen molar-refractivity contribution in [2.45, 2.75) is 13.5 Å². The number of rotatable bonds is 4. The minimum absolute atomic E-state index is 0.242. The van der Waals surface area contributed by atoms with Gasteiger partial charge in [0.25, 0.3) is 0 Å². The highest BCUT2D eigenvalue weighted by atomic mass is 16.5. The van der Waals surface area contributed by atoms with Crippen LogP contribution in [0.1, 0.15) is 11.3 Å². The maximum atomic E-state index is 5.68. The van der Waals surface area contributed by atoms with Crippen LogP contribution in [0.25, 0.3) is 5.69 Å². The van der Waals surface area contributed by atoms with Gasteiger partial charge < -0.3 is 10.5 Å². The topological polar surface area (TPSA) is 78.9 Å². The molecule has 0 fully saturated rings. The normalized spacial score (nSPS) is 10.6. The van der Waals surface area contributed by atoms with Crippen molar-refractivity contribution in [2.24, 2.45) is 5.73 Å². The summed E-state index contributed by atoms with van der Waals surface area (Å²) in [6.45, 7) is 2.24. The lowest BCUT2D eigenvalue weighted by Crippen LogP contribution is -2.03. The summed E-state index contributed by atoms with van der Waals surface area (Å²) >= 11 is 0. The van der Waals surface area contributed by atoms with Crippen LogP contribution in [0.3, 0.4) is 0 Å². The maximum Gasteiger partial charge on any atom is 0.342 e. The van der Waals surface area contributed by atoms with Gasteiger partial charge in [0.05, 0.1) is 5.69 Å². The Morgan fingerprint density at radius 3 is 2.71 bits per heavy atom. The molecular weight excluding hydrogens is 266 g/mol. The molecule has 0 unspecified atom stereocenters. The van der Waals surface area contributed by atoms with E-state index in [-0.39, 0.29) is 6.01 Å². The molecule has 3 rings (SSSR count). The van der Waals surface area contributed by atoms with E-state index in [0.717, 1.165) is 16.9 Å². The third-order valence-corrected chi connectivity index (χ3v) is 2.98. The van der Waals surface area contributed by atoms with Gasteiger partial charge >= 0.3 is 6.01 Å². The van der Waals surface area contributed by atoms with E-state index in [2.05, 4.69) is 15.1 Å². The lowest BCUT2D eigenvalue weighted by molar-refractivity contribution is 0.418. The molecule has 2 aromatic heterocycles. The highest BCUT2D eigenvalue weighted by Gasteiger charge is 2.10. The molecule has 2 heterocycles. The first-order valence-corrected chi connectivity index (χ1v) is 6.58. The van der Waals surface area contributed by atoms with Crippen LogP contribution in [0.15, 0.2) is 48.8 Å². The molecule has 1 aromatic carbocycles. The Bertz CT molecular complexity index is 739. The largest absolute Gasteiger partial charge is 0.404 e. The van der Waals surface area contributed by atoms with Crippen molar-refractivity contribution < 1.29 is 4.74 Å². The highest BCUT2D eigenvalue weighted by molar-refractivity contribution is 5.31. The SMILES string of the molecule is Cc1ccc(CN)c(Oc2ncn(-c3ccccc3)n2)n1. The van der Waals surface area contributed by atoms with Crippen molar-refractivity contribution in [1.29, 1.82) is 0 Å². The lowest BCUT2D eigenvalue weighted by atomic mass is 10.2. The van der Waals surface area contributed by atoms with Gasteiger partial charge in [0, 0.05) is 17.8 Å². The summed E-state index contributed by atoms with van der Waals surface area (Å²) in [5, 5.41) is 4.28. The minimum atomic E-state index is 0.242. The fourth-order valence-electron chi connectivity index (χ4n) is 1.89. The molecule has 2 N–H and O–H groups in total. The van der Waals surface area contributed by atoms with Gasteiger partial charge in [0.1, 0.15) is 6.33 Å². The van der Waals surface area contributed by atoms with Crippen molar-refractivity contribution >= 4 is 0 Å². The van der Waals surface area contributed by atoms with Gasteiger partial charge in [0.2, 0.25) is 5.88 Å². The number of pyridine rings is 1. The van der Waals surface area contributed by atoms with Crippen LogP contribution >= 0.6 is 0 Å². The second kappa shape index (κ2) is 5.72. The Morgan fingerprint density at radius 2 is 1.95 bits per heavy atom. The van der Waals surface area contributed by atoms with Crippen molar-refractivity contribution in [1.82, 2.24) is 19.7 Å². The fourth-order valence-corrected chi connectivity index (χ4v) is 1.89. The number of para-hydroxylation sites is 1. The summed E-state index contributed by atoms with van der Waals surface area (Å²) in [7, 11) is 0. The smallest absolute Gasteiger partial charge is 0.342 e.